The molecule has 2 aromatic rings. The Bertz CT molecular complexity index is 630. The molecule has 0 spiro atoms. The SMILES string of the molecule is CCOC(=O)C(=O)c1cc2cccc(Br)c2n1C. The van der Waals surface area contributed by atoms with Crippen LogP contribution in [0.25, 0.3) is 10.9 Å². The van der Waals surface area contributed by atoms with Crippen molar-refractivity contribution in [3.05, 3.63) is 34.4 Å². The average Bonchev–Trinajstić information content (AvgIpc) is 2.67. The lowest BCUT2D eigenvalue weighted by molar-refractivity contribution is -0.137. The molecule has 4 nitrogen and oxygen atoms in total. The zero-order valence-corrected chi connectivity index (χ0v) is 11.7. The van der Waals surface area contributed by atoms with Crippen LogP contribution in [0.5, 0.6) is 0 Å². The van der Waals surface area contributed by atoms with E-state index in [4.69, 9.17) is 4.74 Å². The van der Waals surface area contributed by atoms with Crippen LogP contribution in [0.1, 0.15) is 17.4 Å². The molecule has 0 amide bonds. The number of carbonyl (C=O) groups excluding carboxylic acids is 2. The standard InChI is InChI=1S/C13H12BrNO3/c1-3-18-13(17)12(16)10-7-8-5-4-6-9(14)11(8)15(10)2/h4-7H,3H2,1-2H3. The Labute approximate surface area is 113 Å². The first-order valence-corrected chi connectivity index (χ1v) is 6.31. The largest absolute Gasteiger partial charge is 0.460 e. The first-order chi connectivity index (χ1) is 8.56. The van der Waals surface area contributed by atoms with Crippen LogP contribution >= 0.6 is 15.9 Å². The van der Waals surface area contributed by atoms with Crippen molar-refractivity contribution < 1.29 is 14.3 Å². The van der Waals surface area contributed by atoms with Crippen molar-refractivity contribution in [3.8, 4) is 0 Å². The molecule has 0 fully saturated rings. The number of hydrogen-bond donors (Lipinski definition) is 0. The van der Waals surface area contributed by atoms with E-state index in [0.29, 0.717) is 5.69 Å². The summed E-state index contributed by atoms with van der Waals surface area (Å²) in [7, 11) is 1.75. The van der Waals surface area contributed by atoms with Gasteiger partial charge in [0.1, 0.15) is 0 Å². The smallest absolute Gasteiger partial charge is 0.381 e. The molecule has 0 aliphatic rings. The molecule has 0 aliphatic heterocycles. The van der Waals surface area contributed by atoms with Crippen LogP contribution in [0.2, 0.25) is 0 Å². The third-order valence-corrected chi connectivity index (χ3v) is 3.34. The van der Waals surface area contributed by atoms with Crippen LogP contribution in [0.4, 0.5) is 0 Å². The van der Waals surface area contributed by atoms with Gasteiger partial charge in [-0.3, -0.25) is 4.79 Å². The average molecular weight is 310 g/mol. The van der Waals surface area contributed by atoms with E-state index in [9.17, 15) is 9.59 Å². The highest BCUT2D eigenvalue weighted by atomic mass is 79.9. The highest BCUT2D eigenvalue weighted by Gasteiger charge is 2.22. The molecule has 18 heavy (non-hydrogen) atoms. The number of halogens is 1. The van der Waals surface area contributed by atoms with Gasteiger partial charge in [0.2, 0.25) is 0 Å². The number of benzene rings is 1. The summed E-state index contributed by atoms with van der Waals surface area (Å²) in [6, 6.07) is 7.35. The Hall–Kier alpha value is -1.62. The fourth-order valence-electron chi connectivity index (χ4n) is 1.89. The van der Waals surface area contributed by atoms with Gasteiger partial charge in [0.25, 0.3) is 5.78 Å². The number of esters is 1. The molecule has 2 rings (SSSR count). The first-order valence-electron chi connectivity index (χ1n) is 5.51. The normalized spacial score (nSPS) is 10.6. The molecule has 0 saturated heterocycles. The maximum atomic E-state index is 11.9. The van der Waals surface area contributed by atoms with E-state index >= 15 is 0 Å². The van der Waals surface area contributed by atoms with Crippen molar-refractivity contribution in [2.45, 2.75) is 6.92 Å². The van der Waals surface area contributed by atoms with Gasteiger partial charge in [-0.2, -0.15) is 0 Å². The number of ketones is 1. The second kappa shape index (κ2) is 4.94. The molecule has 1 heterocycles. The van der Waals surface area contributed by atoms with Gasteiger partial charge in [-0.25, -0.2) is 4.79 Å². The third kappa shape index (κ3) is 2.06. The second-order valence-corrected chi connectivity index (χ2v) is 4.67. The summed E-state index contributed by atoms with van der Waals surface area (Å²) in [4.78, 5) is 23.4. The van der Waals surface area contributed by atoms with Crippen molar-refractivity contribution in [1.82, 2.24) is 4.57 Å². The molecule has 94 valence electrons. The van der Waals surface area contributed by atoms with E-state index in [1.807, 2.05) is 18.2 Å². The fraction of sp³-hybridized carbons (Fsp3) is 0.231. The number of carbonyl (C=O) groups is 2. The van der Waals surface area contributed by atoms with Crippen LogP contribution in [0.15, 0.2) is 28.7 Å². The topological polar surface area (TPSA) is 48.3 Å². The Morgan fingerprint density at radius 1 is 1.39 bits per heavy atom. The number of Topliss-reactive ketones (excluding diaryl/α,β-unsaturated/α-hetero) is 1. The number of para-hydroxylation sites is 1. The molecule has 1 aromatic heterocycles. The number of aromatic nitrogens is 1. The highest BCUT2D eigenvalue weighted by molar-refractivity contribution is 9.10. The minimum absolute atomic E-state index is 0.193. The van der Waals surface area contributed by atoms with E-state index in [2.05, 4.69) is 15.9 Å². The van der Waals surface area contributed by atoms with Crippen LogP contribution < -0.4 is 0 Å². The fourth-order valence-corrected chi connectivity index (χ4v) is 2.53. The minimum Gasteiger partial charge on any atom is -0.460 e. The van der Waals surface area contributed by atoms with Gasteiger partial charge in [0.15, 0.2) is 0 Å². The maximum Gasteiger partial charge on any atom is 0.381 e. The van der Waals surface area contributed by atoms with E-state index in [-0.39, 0.29) is 6.61 Å². The zero-order valence-electron chi connectivity index (χ0n) is 10.1. The molecule has 0 unspecified atom stereocenters. The van der Waals surface area contributed by atoms with Crippen LogP contribution in [0, 0.1) is 0 Å². The molecule has 0 N–H and O–H groups in total. The van der Waals surface area contributed by atoms with Gasteiger partial charge in [0.05, 0.1) is 17.8 Å². The molecular weight excluding hydrogens is 298 g/mol. The van der Waals surface area contributed by atoms with Gasteiger partial charge in [-0.15, -0.1) is 0 Å². The monoisotopic (exact) mass is 309 g/mol. The van der Waals surface area contributed by atoms with Crippen LogP contribution in [-0.2, 0) is 16.6 Å². The lowest BCUT2D eigenvalue weighted by Crippen LogP contribution is -2.19. The number of fused-ring (bicyclic) bond motifs is 1. The second-order valence-electron chi connectivity index (χ2n) is 3.82. The quantitative estimate of drug-likeness (QED) is 0.497. The summed E-state index contributed by atoms with van der Waals surface area (Å²) >= 11 is 3.43. The van der Waals surface area contributed by atoms with Crippen molar-refractivity contribution >= 4 is 38.6 Å². The first kappa shape index (κ1) is 12.8. The minimum atomic E-state index is -0.820. The van der Waals surface area contributed by atoms with Gasteiger partial charge in [0, 0.05) is 16.9 Å². The van der Waals surface area contributed by atoms with E-state index < -0.39 is 11.8 Å². The number of aryl methyl sites for hydroxylation is 1. The summed E-state index contributed by atoms with van der Waals surface area (Å²) < 4.78 is 7.30. The Kier molecular flexibility index (Phi) is 3.52. The van der Waals surface area contributed by atoms with Crippen molar-refractivity contribution in [3.63, 3.8) is 0 Å². The van der Waals surface area contributed by atoms with Crippen molar-refractivity contribution in [1.29, 1.82) is 0 Å². The van der Waals surface area contributed by atoms with Gasteiger partial charge < -0.3 is 9.30 Å². The van der Waals surface area contributed by atoms with E-state index in [1.165, 1.54) is 0 Å². The van der Waals surface area contributed by atoms with Crippen LogP contribution in [0.3, 0.4) is 0 Å². The molecule has 1 aromatic carbocycles. The maximum absolute atomic E-state index is 11.9. The van der Waals surface area contributed by atoms with Gasteiger partial charge in [-0.1, -0.05) is 12.1 Å². The predicted molar refractivity (Wildman–Crippen MR) is 71.6 cm³/mol. The lowest BCUT2D eigenvalue weighted by Gasteiger charge is -2.04. The number of nitrogens with zero attached hydrogens (tertiary/aromatic N) is 1. The highest BCUT2D eigenvalue weighted by Crippen LogP contribution is 2.26. The number of ether oxygens (including phenoxy) is 1. The molecule has 0 saturated carbocycles. The predicted octanol–water partition coefficient (Wildman–Crippen LogP) is 2.69. The summed E-state index contributed by atoms with van der Waals surface area (Å²) in [6.07, 6.45) is 0. The summed E-state index contributed by atoms with van der Waals surface area (Å²) in [5.41, 5.74) is 1.21. The molecule has 0 bridgehead atoms. The number of rotatable bonds is 3. The van der Waals surface area contributed by atoms with Crippen LogP contribution in [-0.4, -0.2) is 22.9 Å². The summed E-state index contributed by atoms with van der Waals surface area (Å²) in [6.45, 7) is 1.86. The molecule has 0 aliphatic carbocycles. The van der Waals surface area contributed by atoms with E-state index in [1.54, 1.807) is 24.6 Å². The molecular formula is C13H12BrNO3. The Morgan fingerprint density at radius 2 is 2.11 bits per heavy atom. The zero-order chi connectivity index (χ0) is 13.3. The van der Waals surface area contributed by atoms with E-state index in [0.717, 1.165) is 15.4 Å². The molecule has 0 atom stereocenters. The Morgan fingerprint density at radius 3 is 2.72 bits per heavy atom. The van der Waals surface area contributed by atoms with Gasteiger partial charge in [-0.05, 0) is 35.0 Å². The summed E-state index contributed by atoms with van der Waals surface area (Å²) in [5, 5.41) is 0.902. The lowest BCUT2D eigenvalue weighted by atomic mass is 10.2. The van der Waals surface area contributed by atoms with Crippen molar-refractivity contribution in [2.75, 3.05) is 6.61 Å². The summed E-state index contributed by atoms with van der Waals surface area (Å²) in [5.74, 6) is -1.44. The molecule has 5 heteroatoms. The third-order valence-electron chi connectivity index (χ3n) is 2.70. The van der Waals surface area contributed by atoms with Crippen molar-refractivity contribution in [2.24, 2.45) is 7.05 Å². The molecule has 0 radical (unpaired) electrons. The van der Waals surface area contributed by atoms with Gasteiger partial charge >= 0.3 is 5.97 Å². The number of hydrogen-bond acceptors (Lipinski definition) is 3. The Balaban J connectivity index is 2.53.